The highest BCUT2D eigenvalue weighted by atomic mass is 35.5. The first-order valence-corrected chi connectivity index (χ1v) is 7.30. The average molecular weight is 311 g/mol. The lowest BCUT2D eigenvalue weighted by atomic mass is 10.2. The van der Waals surface area contributed by atoms with Crippen molar-refractivity contribution in [2.75, 3.05) is 26.2 Å². The second kappa shape index (κ2) is 6.21. The lowest BCUT2D eigenvalue weighted by Crippen LogP contribution is -2.46. The summed E-state index contributed by atoms with van der Waals surface area (Å²) in [6, 6.07) is 5.06. The molecule has 7 heteroatoms. The predicted molar refractivity (Wildman–Crippen MR) is 75.1 cm³/mol. The van der Waals surface area contributed by atoms with Gasteiger partial charge in [-0.15, -0.1) is 12.4 Å². The van der Waals surface area contributed by atoms with E-state index in [4.69, 9.17) is 11.6 Å². The van der Waals surface area contributed by atoms with Crippen LogP contribution in [0.15, 0.2) is 23.1 Å². The minimum atomic E-state index is -3.45. The zero-order valence-electron chi connectivity index (χ0n) is 10.0. The van der Waals surface area contributed by atoms with Gasteiger partial charge in [0.05, 0.1) is 5.02 Å². The Morgan fingerprint density at radius 2 is 1.89 bits per heavy atom. The molecule has 0 aliphatic carbocycles. The van der Waals surface area contributed by atoms with Crippen molar-refractivity contribution in [3.63, 3.8) is 0 Å². The van der Waals surface area contributed by atoms with Crippen LogP contribution in [0.5, 0.6) is 0 Å². The summed E-state index contributed by atoms with van der Waals surface area (Å²) >= 11 is 5.98. The third kappa shape index (κ3) is 3.16. The summed E-state index contributed by atoms with van der Waals surface area (Å²) in [5.41, 5.74) is 0.892. The fraction of sp³-hybridized carbons (Fsp3) is 0.455. The van der Waals surface area contributed by atoms with Crippen LogP contribution in [-0.4, -0.2) is 38.9 Å². The number of hydrogen-bond acceptors (Lipinski definition) is 3. The van der Waals surface area contributed by atoms with Gasteiger partial charge in [-0.3, -0.25) is 0 Å². The van der Waals surface area contributed by atoms with Crippen LogP contribution in [0.3, 0.4) is 0 Å². The molecule has 4 nitrogen and oxygen atoms in total. The molecule has 0 unspecified atom stereocenters. The molecule has 1 fully saturated rings. The van der Waals surface area contributed by atoms with Gasteiger partial charge in [0.1, 0.15) is 4.90 Å². The Hall–Kier alpha value is -0.330. The Bertz CT molecular complexity index is 514. The molecule has 1 aromatic carbocycles. The van der Waals surface area contributed by atoms with E-state index < -0.39 is 10.0 Å². The van der Waals surface area contributed by atoms with Crippen LogP contribution in [0.25, 0.3) is 0 Å². The molecule has 1 aliphatic heterocycles. The number of aryl methyl sites for hydroxylation is 1. The SMILES string of the molecule is Cc1ccc(Cl)c(S(=O)(=O)N2CCNCC2)c1.Cl. The van der Waals surface area contributed by atoms with E-state index in [1.165, 1.54) is 4.31 Å². The number of nitrogens with one attached hydrogen (secondary N) is 1. The Morgan fingerprint density at radius 3 is 2.50 bits per heavy atom. The topological polar surface area (TPSA) is 49.4 Å². The van der Waals surface area contributed by atoms with Crippen molar-refractivity contribution in [3.05, 3.63) is 28.8 Å². The number of rotatable bonds is 2. The van der Waals surface area contributed by atoms with E-state index >= 15 is 0 Å². The minimum absolute atomic E-state index is 0. The van der Waals surface area contributed by atoms with Crippen LogP contribution in [0.4, 0.5) is 0 Å². The predicted octanol–water partition coefficient (Wildman–Crippen LogP) is 1.66. The Morgan fingerprint density at radius 1 is 1.28 bits per heavy atom. The number of nitrogens with zero attached hydrogens (tertiary/aromatic N) is 1. The van der Waals surface area contributed by atoms with E-state index in [1.807, 2.05) is 6.92 Å². The van der Waals surface area contributed by atoms with E-state index in [9.17, 15) is 8.42 Å². The lowest BCUT2D eigenvalue weighted by molar-refractivity contribution is 0.360. The van der Waals surface area contributed by atoms with Crippen LogP contribution >= 0.6 is 24.0 Å². The second-order valence-electron chi connectivity index (χ2n) is 4.09. The molecule has 0 bridgehead atoms. The fourth-order valence-corrected chi connectivity index (χ4v) is 3.83. The number of hydrogen-bond donors (Lipinski definition) is 1. The summed E-state index contributed by atoms with van der Waals surface area (Å²) in [5, 5.41) is 3.41. The first-order chi connectivity index (χ1) is 8.01. The third-order valence-corrected chi connectivity index (χ3v) is 5.16. The van der Waals surface area contributed by atoms with E-state index in [0.717, 1.165) is 5.56 Å². The zero-order chi connectivity index (χ0) is 12.5. The van der Waals surface area contributed by atoms with Gasteiger partial charge in [0.15, 0.2) is 0 Å². The maximum absolute atomic E-state index is 12.4. The van der Waals surface area contributed by atoms with Crippen molar-refractivity contribution in [2.24, 2.45) is 0 Å². The van der Waals surface area contributed by atoms with E-state index in [-0.39, 0.29) is 22.3 Å². The molecule has 0 spiro atoms. The largest absolute Gasteiger partial charge is 0.314 e. The van der Waals surface area contributed by atoms with Gasteiger partial charge < -0.3 is 5.32 Å². The smallest absolute Gasteiger partial charge is 0.244 e. The Kier molecular flexibility index (Phi) is 5.43. The second-order valence-corrected chi connectivity index (χ2v) is 6.40. The van der Waals surface area contributed by atoms with Gasteiger partial charge >= 0.3 is 0 Å². The molecular weight excluding hydrogens is 295 g/mol. The standard InChI is InChI=1S/C11H15ClN2O2S.ClH/c1-9-2-3-10(12)11(8-9)17(15,16)14-6-4-13-5-7-14;/h2-3,8,13H,4-7H2,1H3;1H. The summed E-state index contributed by atoms with van der Waals surface area (Å²) < 4.78 is 26.2. The molecule has 1 heterocycles. The number of piperazine rings is 1. The van der Waals surface area contributed by atoms with Crippen molar-refractivity contribution in [1.29, 1.82) is 0 Å². The molecule has 0 aromatic heterocycles. The summed E-state index contributed by atoms with van der Waals surface area (Å²) in [7, 11) is -3.45. The normalized spacial score (nSPS) is 17.2. The number of benzene rings is 1. The van der Waals surface area contributed by atoms with E-state index in [0.29, 0.717) is 26.2 Å². The van der Waals surface area contributed by atoms with Crippen molar-refractivity contribution in [3.8, 4) is 0 Å². The Labute approximate surface area is 119 Å². The molecule has 18 heavy (non-hydrogen) atoms. The molecular formula is C11H16Cl2N2O2S. The number of halogens is 2. The molecule has 0 amide bonds. The molecule has 0 atom stereocenters. The highest BCUT2D eigenvalue weighted by molar-refractivity contribution is 7.89. The van der Waals surface area contributed by atoms with E-state index in [2.05, 4.69) is 5.32 Å². The van der Waals surface area contributed by atoms with Gasteiger partial charge in [-0.2, -0.15) is 4.31 Å². The van der Waals surface area contributed by atoms with Gasteiger partial charge in [0, 0.05) is 26.2 Å². The van der Waals surface area contributed by atoms with Gasteiger partial charge in [0.25, 0.3) is 0 Å². The van der Waals surface area contributed by atoms with Crippen molar-refractivity contribution in [2.45, 2.75) is 11.8 Å². The van der Waals surface area contributed by atoms with Crippen LogP contribution in [0.2, 0.25) is 5.02 Å². The summed E-state index contributed by atoms with van der Waals surface area (Å²) in [4.78, 5) is 0.209. The number of sulfonamides is 1. The van der Waals surface area contributed by atoms with Crippen molar-refractivity contribution >= 4 is 34.0 Å². The van der Waals surface area contributed by atoms with Crippen molar-refractivity contribution in [1.82, 2.24) is 9.62 Å². The summed E-state index contributed by atoms with van der Waals surface area (Å²) in [6.45, 7) is 4.21. The maximum Gasteiger partial charge on any atom is 0.244 e. The highest BCUT2D eigenvalue weighted by Crippen LogP contribution is 2.25. The highest BCUT2D eigenvalue weighted by Gasteiger charge is 2.27. The van der Waals surface area contributed by atoms with Crippen LogP contribution in [-0.2, 0) is 10.0 Å². The van der Waals surface area contributed by atoms with Crippen molar-refractivity contribution < 1.29 is 8.42 Å². The van der Waals surface area contributed by atoms with Gasteiger partial charge in [-0.25, -0.2) is 8.42 Å². The summed E-state index contributed by atoms with van der Waals surface area (Å²) in [6.07, 6.45) is 0. The average Bonchev–Trinajstić information content (AvgIpc) is 2.33. The molecule has 0 radical (unpaired) electrons. The molecule has 1 N–H and O–H groups in total. The minimum Gasteiger partial charge on any atom is -0.314 e. The monoisotopic (exact) mass is 310 g/mol. The quantitative estimate of drug-likeness (QED) is 0.904. The maximum atomic E-state index is 12.4. The molecule has 1 saturated heterocycles. The molecule has 1 aromatic rings. The van der Waals surface area contributed by atoms with Gasteiger partial charge in [-0.05, 0) is 24.6 Å². The summed E-state index contributed by atoms with van der Waals surface area (Å²) in [5.74, 6) is 0. The Balaban J connectivity index is 0.00000162. The van der Waals surface area contributed by atoms with E-state index in [1.54, 1.807) is 18.2 Å². The molecule has 0 saturated carbocycles. The van der Waals surface area contributed by atoms with Gasteiger partial charge in [-0.1, -0.05) is 17.7 Å². The molecule has 1 aliphatic rings. The fourth-order valence-electron chi connectivity index (χ4n) is 1.83. The third-order valence-electron chi connectivity index (χ3n) is 2.78. The molecule has 2 rings (SSSR count). The van der Waals surface area contributed by atoms with Crippen LogP contribution < -0.4 is 5.32 Å². The van der Waals surface area contributed by atoms with Gasteiger partial charge in [0.2, 0.25) is 10.0 Å². The van der Waals surface area contributed by atoms with Crippen LogP contribution in [0.1, 0.15) is 5.56 Å². The molecule has 102 valence electrons. The van der Waals surface area contributed by atoms with Crippen LogP contribution in [0, 0.1) is 6.92 Å². The lowest BCUT2D eigenvalue weighted by Gasteiger charge is -2.27. The first kappa shape index (κ1) is 15.7. The first-order valence-electron chi connectivity index (χ1n) is 5.49. The zero-order valence-corrected chi connectivity index (χ0v) is 12.4.